The topological polar surface area (TPSA) is 37.4 Å². The van der Waals surface area contributed by atoms with Crippen LogP contribution in [-0.4, -0.2) is 38.3 Å². The molecule has 0 aliphatic heterocycles. The minimum absolute atomic E-state index is 0.359. The standard InChI is InChI=1S/C16H29N3O/c1-5-10-17-15(6-2)16-9-8-14(13-18-16)19(7-3)11-12-20-4/h8-9,13,15,17H,5-7,10-12H2,1-4H3. The summed E-state index contributed by atoms with van der Waals surface area (Å²) < 4.78 is 5.15. The first-order valence-electron chi connectivity index (χ1n) is 7.69. The molecule has 4 heteroatoms. The Morgan fingerprint density at radius 1 is 1.30 bits per heavy atom. The van der Waals surface area contributed by atoms with E-state index in [9.17, 15) is 0 Å². The van der Waals surface area contributed by atoms with Gasteiger partial charge >= 0.3 is 0 Å². The molecule has 0 aliphatic rings. The quantitative estimate of drug-likeness (QED) is 0.714. The maximum atomic E-state index is 5.15. The second kappa shape index (κ2) is 9.72. The van der Waals surface area contributed by atoms with Crippen LogP contribution in [0.3, 0.4) is 0 Å². The molecule has 1 N–H and O–H groups in total. The Balaban J connectivity index is 2.70. The van der Waals surface area contributed by atoms with Crippen molar-refractivity contribution in [1.82, 2.24) is 10.3 Å². The van der Waals surface area contributed by atoms with Crippen molar-refractivity contribution >= 4 is 5.69 Å². The highest BCUT2D eigenvalue weighted by Gasteiger charge is 2.10. The van der Waals surface area contributed by atoms with E-state index >= 15 is 0 Å². The normalized spacial score (nSPS) is 12.4. The fraction of sp³-hybridized carbons (Fsp3) is 0.688. The third-order valence-electron chi connectivity index (χ3n) is 3.49. The van der Waals surface area contributed by atoms with Gasteiger partial charge in [0.05, 0.1) is 24.2 Å². The molecule has 20 heavy (non-hydrogen) atoms. The van der Waals surface area contributed by atoms with Gasteiger partial charge in [0.15, 0.2) is 0 Å². The lowest BCUT2D eigenvalue weighted by atomic mass is 10.1. The number of pyridine rings is 1. The second-order valence-corrected chi connectivity index (χ2v) is 4.93. The molecule has 0 amide bonds. The van der Waals surface area contributed by atoms with Crippen LogP contribution in [0.4, 0.5) is 5.69 Å². The molecule has 4 nitrogen and oxygen atoms in total. The average Bonchev–Trinajstić information content (AvgIpc) is 2.50. The van der Waals surface area contributed by atoms with Crippen LogP contribution >= 0.6 is 0 Å². The van der Waals surface area contributed by atoms with Gasteiger partial charge in [-0.1, -0.05) is 13.8 Å². The Morgan fingerprint density at radius 2 is 2.10 bits per heavy atom. The Hall–Kier alpha value is -1.13. The van der Waals surface area contributed by atoms with Crippen LogP contribution in [0.15, 0.2) is 18.3 Å². The van der Waals surface area contributed by atoms with Gasteiger partial charge in [-0.25, -0.2) is 0 Å². The number of hydrogen-bond donors (Lipinski definition) is 1. The highest BCUT2D eigenvalue weighted by atomic mass is 16.5. The third kappa shape index (κ3) is 5.10. The molecule has 0 fully saturated rings. The molecule has 1 atom stereocenters. The largest absolute Gasteiger partial charge is 0.383 e. The van der Waals surface area contributed by atoms with Gasteiger partial charge < -0.3 is 15.0 Å². The first-order chi connectivity index (χ1) is 9.76. The molecular weight excluding hydrogens is 250 g/mol. The van der Waals surface area contributed by atoms with Crippen molar-refractivity contribution < 1.29 is 4.74 Å². The number of aromatic nitrogens is 1. The van der Waals surface area contributed by atoms with Crippen molar-refractivity contribution in [3.63, 3.8) is 0 Å². The molecule has 1 unspecified atom stereocenters. The van der Waals surface area contributed by atoms with Gasteiger partial charge in [-0.3, -0.25) is 4.98 Å². The van der Waals surface area contributed by atoms with Gasteiger partial charge in [0.2, 0.25) is 0 Å². The molecule has 0 aliphatic carbocycles. The van der Waals surface area contributed by atoms with Crippen LogP contribution < -0.4 is 10.2 Å². The molecule has 0 spiro atoms. The fourth-order valence-corrected chi connectivity index (χ4v) is 2.24. The first-order valence-corrected chi connectivity index (χ1v) is 7.69. The zero-order valence-electron chi connectivity index (χ0n) is 13.4. The Kier molecular flexibility index (Phi) is 8.23. The third-order valence-corrected chi connectivity index (χ3v) is 3.49. The maximum absolute atomic E-state index is 5.15. The molecule has 1 rings (SSSR count). The lowest BCUT2D eigenvalue weighted by Gasteiger charge is -2.23. The van der Waals surface area contributed by atoms with Crippen LogP contribution in [-0.2, 0) is 4.74 Å². The summed E-state index contributed by atoms with van der Waals surface area (Å²) in [5.41, 5.74) is 2.30. The van der Waals surface area contributed by atoms with E-state index in [0.717, 1.165) is 44.8 Å². The van der Waals surface area contributed by atoms with Gasteiger partial charge in [-0.15, -0.1) is 0 Å². The van der Waals surface area contributed by atoms with E-state index in [-0.39, 0.29) is 0 Å². The highest BCUT2D eigenvalue weighted by molar-refractivity contribution is 5.44. The fourth-order valence-electron chi connectivity index (χ4n) is 2.24. The van der Waals surface area contributed by atoms with Gasteiger partial charge in [-0.2, -0.15) is 0 Å². The number of hydrogen-bond acceptors (Lipinski definition) is 4. The summed E-state index contributed by atoms with van der Waals surface area (Å²) in [6.07, 6.45) is 4.19. The molecule has 1 aromatic heterocycles. The number of ether oxygens (including phenoxy) is 1. The van der Waals surface area contributed by atoms with E-state index in [4.69, 9.17) is 4.74 Å². The molecule has 1 heterocycles. The van der Waals surface area contributed by atoms with Gasteiger partial charge in [0, 0.05) is 26.2 Å². The Bertz CT molecular complexity index is 318. The predicted octanol–water partition coefficient (Wildman–Crippen LogP) is 3.01. The molecule has 1 aromatic rings. The number of nitrogens with zero attached hydrogens (tertiary/aromatic N) is 2. The lowest BCUT2D eigenvalue weighted by Crippen LogP contribution is -2.27. The molecule has 0 bridgehead atoms. The minimum atomic E-state index is 0.359. The summed E-state index contributed by atoms with van der Waals surface area (Å²) in [5.74, 6) is 0. The molecule has 0 saturated heterocycles. The van der Waals surface area contributed by atoms with Crippen LogP contribution in [0.2, 0.25) is 0 Å². The monoisotopic (exact) mass is 279 g/mol. The zero-order valence-corrected chi connectivity index (χ0v) is 13.4. The molecule has 114 valence electrons. The summed E-state index contributed by atoms with van der Waals surface area (Å²) in [5, 5.41) is 3.54. The molecule has 0 saturated carbocycles. The van der Waals surface area contributed by atoms with E-state index in [1.165, 1.54) is 5.69 Å². The number of likely N-dealkylation sites (N-methyl/N-ethyl adjacent to an activating group) is 1. The molecule has 0 radical (unpaired) electrons. The van der Waals surface area contributed by atoms with Crippen LogP contribution in [0.5, 0.6) is 0 Å². The Labute approximate surface area is 123 Å². The van der Waals surface area contributed by atoms with Crippen molar-refractivity contribution in [2.45, 2.75) is 39.7 Å². The van der Waals surface area contributed by atoms with Crippen LogP contribution in [0.1, 0.15) is 45.3 Å². The Morgan fingerprint density at radius 3 is 2.60 bits per heavy atom. The van der Waals surface area contributed by atoms with E-state index in [2.05, 4.69) is 48.1 Å². The van der Waals surface area contributed by atoms with E-state index in [0.29, 0.717) is 6.04 Å². The summed E-state index contributed by atoms with van der Waals surface area (Å²) in [4.78, 5) is 6.91. The average molecular weight is 279 g/mol. The molecular formula is C16H29N3O. The first kappa shape index (κ1) is 16.9. The minimum Gasteiger partial charge on any atom is -0.383 e. The van der Waals surface area contributed by atoms with Crippen molar-refractivity contribution in [3.05, 3.63) is 24.0 Å². The highest BCUT2D eigenvalue weighted by Crippen LogP contribution is 2.18. The summed E-state index contributed by atoms with van der Waals surface area (Å²) in [6.45, 7) is 10.2. The van der Waals surface area contributed by atoms with E-state index in [1.54, 1.807) is 7.11 Å². The zero-order chi connectivity index (χ0) is 14.8. The predicted molar refractivity (Wildman–Crippen MR) is 85.3 cm³/mol. The van der Waals surface area contributed by atoms with Crippen LogP contribution in [0, 0.1) is 0 Å². The summed E-state index contributed by atoms with van der Waals surface area (Å²) in [6, 6.07) is 4.66. The van der Waals surface area contributed by atoms with Crippen molar-refractivity contribution in [3.8, 4) is 0 Å². The van der Waals surface area contributed by atoms with E-state index in [1.807, 2.05) is 6.20 Å². The van der Waals surface area contributed by atoms with Gasteiger partial charge in [-0.05, 0) is 38.4 Å². The van der Waals surface area contributed by atoms with E-state index < -0.39 is 0 Å². The maximum Gasteiger partial charge on any atom is 0.0637 e. The SMILES string of the molecule is CCCNC(CC)c1ccc(N(CC)CCOC)cn1. The molecule has 0 aromatic carbocycles. The summed E-state index contributed by atoms with van der Waals surface area (Å²) >= 11 is 0. The van der Waals surface area contributed by atoms with Gasteiger partial charge in [0.1, 0.15) is 0 Å². The smallest absolute Gasteiger partial charge is 0.0637 e. The number of rotatable bonds is 10. The number of nitrogens with one attached hydrogen (secondary N) is 1. The number of anilines is 1. The van der Waals surface area contributed by atoms with Crippen LogP contribution in [0.25, 0.3) is 0 Å². The van der Waals surface area contributed by atoms with Crippen molar-refractivity contribution in [2.75, 3.05) is 38.3 Å². The second-order valence-electron chi connectivity index (χ2n) is 4.93. The van der Waals surface area contributed by atoms with Gasteiger partial charge in [0.25, 0.3) is 0 Å². The summed E-state index contributed by atoms with van der Waals surface area (Å²) in [7, 11) is 1.74. The lowest BCUT2D eigenvalue weighted by molar-refractivity contribution is 0.205. The number of methoxy groups -OCH3 is 1. The van der Waals surface area contributed by atoms with Crippen molar-refractivity contribution in [2.24, 2.45) is 0 Å². The van der Waals surface area contributed by atoms with Crippen molar-refractivity contribution in [1.29, 1.82) is 0 Å².